The van der Waals surface area contributed by atoms with Crippen molar-refractivity contribution in [3.8, 4) is 0 Å². The molecule has 0 heterocycles. The minimum atomic E-state index is -0.853. The summed E-state index contributed by atoms with van der Waals surface area (Å²) in [6, 6.07) is 6.99. The zero-order valence-electron chi connectivity index (χ0n) is 20.4. The molecule has 0 bridgehead atoms. The highest BCUT2D eigenvalue weighted by Crippen LogP contribution is 2.10. The van der Waals surface area contributed by atoms with Gasteiger partial charge >= 0.3 is 6.09 Å². The summed E-state index contributed by atoms with van der Waals surface area (Å²) in [6.07, 6.45) is 2.07. The Balaban J connectivity index is 2.82. The lowest BCUT2D eigenvalue weighted by Gasteiger charge is -2.25. The van der Waals surface area contributed by atoms with Crippen molar-refractivity contribution in [2.45, 2.75) is 85.0 Å². The number of hydrogen-bond acceptors (Lipinski definition) is 5. The number of hydrogen-bond donors (Lipinski definition) is 3. The molecule has 0 aliphatic carbocycles. The van der Waals surface area contributed by atoms with E-state index in [9.17, 15) is 19.2 Å². The van der Waals surface area contributed by atoms with Crippen molar-refractivity contribution < 1.29 is 23.9 Å². The van der Waals surface area contributed by atoms with Gasteiger partial charge in [-0.3, -0.25) is 9.59 Å². The molecule has 1 unspecified atom stereocenters. The van der Waals surface area contributed by atoms with Crippen LogP contribution < -0.4 is 16.0 Å². The smallest absolute Gasteiger partial charge is 0.408 e. The molecule has 8 nitrogen and oxygen atoms in total. The van der Waals surface area contributed by atoms with Crippen LogP contribution in [0.15, 0.2) is 30.3 Å². The average Bonchev–Trinajstić information content (AvgIpc) is 2.76. The van der Waals surface area contributed by atoms with Gasteiger partial charge in [0.1, 0.15) is 25.0 Å². The van der Waals surface area contributed by atoms with Crippen LogP contribution in [0.25, 0.3) is 0 Å². The van der Waals surface area contributed by atoms with Crippen molar-refractivity contribution in [3.63, 3.8) is 0 Å². The van der Waals surface area contributed by atoms with Gasteiger partial charge in [-0.2, -0.15) is 0 Å². The van der Waals surface area contributed by atoms with Gasteiger partial charge in [0.15, 0.2) is 0 Å². The molecule has 8 heteroatoms. The van der Waals surface area contributed by atoms with E-state index >= 15 is 0 Å². The summed E-state index contributed by atoms with van der Waals surface area (Å²) >= 11 is 0. The lowest BCUT2D eigenvalue weighted by Crippen LogP contribution is -2.55. The SMILES string of the molecule is CCCC(C=O)NC(=O)[C@H](CC(C)C)NC(=O)[C@H](CC(C)C)NC(=O)OCc1ccccc1. The Bertz CT molecular complexity index is 752. The molecule has 1 aromatic rings. The van der Waals surface area contributed by atoms with Crippen LogP contribution in [-0.2, 0) is 25.7 Å². The molecule has 3 N–H and O–H groups in total. The van der Waals surface area contributed by atoms with Gasteiger partial charge in [-0.15, -0.1) is 0 Å². The van der Waals surface area contributed by atoms with Gasteiger partial charge in [0.25, 0.3) is 0 Å². The first-order valence-corrected chi connectivity index (χ1v) is 11.7. The van der Waals surface area contributed by atoms with E-state index in [-0.39, 0.29) is 18.4 Å². The first-order valence-electron chi connectivity index (χ1n) is 11.7. The van der Waals surface area contributed by atoms with Crippen LogP contribution in [0, 0.1) is 11.8 Å². The maximum atomic E-state index is 13.0. The zero-order chi connectivity index (χ0) is 24.8. The van der Waals surface area contributed by atoms with Gasteiger partial charge in [-0.1, -0.05) is 71.4 Å². The first kappa shape index (κ1) is 28.1. The van der Waals surface area contributed by atoms with Crippen molar-refractivity contribution in [3.05, 3.63) is 35.9 Å². The van der Waals surface area contributed by atoms with Gasteiger partial charge in [-0.25, -0.2) is 4.79 Å². The normalized spacial score (nSPS) is 13.7. The van der Waals surface area contributed by atoms with E-state index in [1.807, 2.05) is 65.0 Å². The molecule has 33 heavy (non-hydrogen) atoms. The second kappa shape index (κ2) is 15.0. The highest BCUT2D eigenvalue weighted by molar-refractivity contribution is 5.92. The molecule has 0 aliphatic rings. The van der Waals surface area contributed by atoms with E-state index in [0.29, 0.717) is 25.5 Å². The van der Waals surface area contributed by atoms with Crippen molar-refractivity contribution in [1.29, 1.82) is 0 Å². The molecule has 0 spiro atoms. The predicted molar refractivity (Wildman–Crippen MR) is 127 cm³/mol. The van der Waals surface area contributed by atoms with E-state index < -0.39 is 36.0 Å². The predicted octanol–water partition coefficient (Wildman–Crippen LogP) is 3.34. The Morgan fingerprint density at radius 3 is 1.94 bits per heavy atom. The Kier molecular flexibility index (Phi) is 12.8. The third kappa shape index (κ3) is 11.5. The molecule has 0 aliphatic heterocycles. The van der Waals surface area contributed by atoms with Gasteiger partial charge in [-0.05, 0) is 36.7 Å². The van der Waals surface area contributed by atoms with E-state index in [1.54, 1.807) is 0 Å². The fraction of sp³-hybridized carbons (Fsp3) is 0.600. The Morgan fingerprint density at radius 2 is 1.42 bits per heavy atom. The molecule has 3 amide bonds. The summed E-state index contributed by atoms with van der Waals surface area (Å²) in [5.41, 5.74) is 0.836. The number of carbonyl (C=O) groups is 4. The second-order valence-electron chi connectivity index (χ2n) is 9.12. The van der Waals surface area contributed by atoms with Gasteiger partial charge in [0.05, 0.1) is 6.04 Å². The standard InChI is InChI=1S/C25H39N3O5/c1-6-10-20(15-29)26-23(30)21(13-17(2)3)27-24(31)22(14-18(4)5)28-25(32)33-16-19-11-8-7-9-12-19/h7-9,11-12,15,17-18,20-22H,6,10,13-14,16H2,1-5H3,(H,26,30)(H,27,31)(H,28,32)/t20?,21-,22-/m0/s1. The molecular formula is C25H39N3O5. The quantitative estimate of drug-likeness (QED) is 0.368. The van der Waals surface area contributed by atoms with Crippen molar-refractivity contribution >= 4 is 24.2 Å². The Morgan fingerprint density at radius 1 is 0.879 bits per heavy atom. The number of aldehydes is 1. The highest BCUT2D eigenvalue weighted by Gasteiger charge is 2.29. The number of alkyl carbamates (subject to hydrolysis) is 1. The van der Waals surface area contributed by atoms with Crippen LogP contribution in [0.3, 0.4) is 0 Å². The van der Waals surface area contributed by atoms with Crippen LogP contribution in [0.4, 0.5) is 4.79 Å². The van der Waals surface area contributed by atoms with Crippen LogP contribution in [0.1, 0.15) is 65.9 Å². The van der Waals surface area contributed by atoms with E-state index in [4.69, 9.17) is 4.74 Å². The fourth-order valence-electron chi connectivity index (χ4n) is 3.35. The fourth-order valence-corrected chi connectivity index (χ4v) is 3.35. The molecule has 3 atom stereocenters. The molecule has 0 saturated heterocycles. The highest BCUT2D eigenvalue weighted by atomic mass is 16.5. The van der Waals surface area contributed by atoms with Crippen molar-refractivity contribution in [1.82, 2.24) is 16.0 Å². The average molecular weight is 462 g/mol. The molecule has 0 radical (unpaired) electrons. The zero-order valence-corrected chi connectivity index (χ0v) is 20.4. The first-order chi connectivity index (χ1) is 15.7. The van der Waals surface area contributed by atoms with Gasteiger partial charge in [0, 0.05) is 0 Å². The summed E-state index contributed by atoms with van der Waals surface area (Å²) in [6.45, 7) is 9.78. The number of nitrogens with one attached hydrogen (secondary N) is 3. The molecule has 184 valence electrons. The lowest BCUT2D eigenvalue weighted by atomic mass is 10.00. The molecule has 1 aromatic carbocycles. The molecule has 0 aromatic heterocycles. The van der Waals surface area contributed by atoms with Crippen LogP contribution in [-0.4, -0.2) is 42.3 Å². The Labute approximate surface area is 197 Å². The largest absolute Gasteiger partial charge is 0.445 e. The minimum Gasteiger partial charge on any atom is -0.445 e. The van der Waals surface area contributed by atoms with Gasteiger partial charge < -0.3 is 25.5 Å². The number of benzene rings is 1. The number of rotatable bonds is 14. The molecule has 1 rings (SSSR count). The van der Waals surface area contributed by atoms with Crippen LogP contribution >= 0.6 is 0 Å². The Hall–Kier alpha value is -2.90. The number of amides is 3. The monoisotopic (exact) mass is 461 g/mol. The van der Waals surface area contributed by atoms with E-state index in [2.05, 4.69) is 16.0 Å². The number of ether oxygens (including phenoxy) is 1. The molecule has 0 saturated carbocycles. The summed E-state index contributed by atoms with van der Waals surface area (Å²) in [5.74, 6) is -0.609. The van der Waals surface area contributed by atoms with Crippen LogP contribution in [0.2, 0.25) is 0 Å². The summed E-state index contributed by atoms with van der Waals surface area (Å²) in [4.78, 5) is 49.4. The summed E-state index contributed by atoms with van der Waals surface area (Å²) in [5, 5.41) is 8.10. The maximum Gasteiger partial charge on any atom is 0.408 e. The third-order valence-corrected chi connectivity index (χ3v) is 4.96. The third-order valence-electron chi connectivity index (χ3n) is 4.96. The van der Waals surface area contributed by atoms with Crippen molar-refractivity contribution in [2.24, 2.45) is 11.8 Å². The molecular weight excluding hydrogens is 422 g/mol. The molecule has 0 fully saturated rings. The van der Waals surface area contributed by atoms with E-state index in [0.717, 1.165) is 12.0 Å². The summed E-state index contributed by atoms with van der Waals surface area (Å²) in [7, 11) is 0. The van der Waals surface area contributed by atoms with E-state index in [1.165, 1.54) is 0 Å². The van der Waals surface area contributed by atoms with Crippen molar-refractivity contribution in [2.75, 3.05) is 0 Å². The maximum absolute atomic E-state index is 13.0. The minimum absolute atomic E-state index is 0.0889. The summed E-state index contributed by atoms with van der Waals surface area (Å²) < 4.78 is 5.25. The lowest BCUT2D eigenvalue weighted by molar-refractivity contribution is -0.131. The van der Waals surface area contributed by atoms with Crippen LogP contribution in [0.5, 0.6) is 0 Å². The topological polar surface area (TPSA) is 114 Å². The number of carbonyl (C=O) groups excluding carboxylic acids is 4. The van der Waals surface area contributed by atoms with Gasteiger partial charge in [0.2, 0.25) is 11.8 Å². The second-order valence-corrected chi connectivity index (χ2v) is 9.12.